The van der Waals surface area contributed by atoms with Crippen LogP contribution in [0.2, 0.25) is 5.28 Å². The van der Waals surface area contributed by atoms with Gasteiger partial charge < -0.3 is 14.7 Å². The predicted molar refractivity (Wildman–Crippen MR) is 72.2 cm³/mol. The van der Waals surface area contributed by atoms with Gasteiger partial charge in [-0.3, -0.25) is 0 Å². The van der Waals surface area contributed by atoms with Crippen LogP contribution in [0, 0.1) is 0 Å². The molecule has 1 unspecified atom stereocenters. The molecule has 3 heterocycles. The Morgan fingerprint density at radius 1 is 1.47 bits per heavy atom. The number of aromatic amines is 1. The van der Waals surface area contributed by atoms with Gasteiger partial charge in [0.05, 0.1) is 12.6 Å². The van der Waals surface area contributed by atoms with Crippen molar-refractivity contribution in [3.05, 3.63) is 35.8 Å². The lowest BCUT2D eigenvalue weighted by Gasteiger charge is -2.13. The normalized spacial score (nSPS) is 12.7. The second-order valence-electron chi connectivity index (χ2n) is 4.27. The molecular weight excluding hydrogens is 266 g/mol. The lowest BCUT2D eigenvalue weighted by molar-refractivity contribution is 0.497. The van der Waals surface area contributed by atoms with Crippen molar-refractivity contribution in [3.63, 3.8) is 0 Å². The molecular formula is C12H12ClN5O. The number of fused-ring (bicyclic) bond motifs is 1. The van der Waals surface area contributed by atoms with Gasteiger partial charge in [0.2, 0.25) is 5.28 Å². The fourth-order valence-corrected chi connectivity index (χ4v) is 2.09. The Bertz CT molecular complexity index is 679. The van der Waals surface area contributed by atoms with Crippen LogP contribution in [0.25, 0.3) is 11.2 Å². The number of furan rings is 1. The third kappa shape index (κ3) is 2.53. The van der Waals surface area contributed by atoms with E-state index in [0.29, 0.717) is 11.5 Å². The first kappa shape index (κ1) is 12.0. The van der Waals surface area contributed by atoms with Crippen molar-refractivity contribution in [3.8, 4) is 0 Å². The zero-order valence-corrected chi connectivity index (χ0v) is 11.0. The minimum absolute atomic E-state index is 0.142. The lowest BCUT2D eigenvalue weighted by Crippen LogP contribution is -2.19. The second-order valence-corrected chi connectivity index (χ2v) is 4.61. The highest BCUT2D eigenvalue weighted by molar-refractivity contribution is 6.28. The number of anilines is 1. The van der Waals surface area contributed by atoms with E-state index in [4.69, 9.17) is 16.0 Å². The highest BCUT2D eigenvalue weighted by Crippen LogP contribution is 2.20. The third-order valence-corrected chi connectivity index (χ3v) is 2.90. The number of H-pyrrole nitrogens is 1. The van der Waals surface area contributed by atoms with Crippen molar-refractivity contribution in [2.75, 3.05) is 5.32 Å². The van der Waals surface area contributed by atoms with E-state index in [1.165, 1.54) is 0 Å². The van der Waals surface area contributed by atoms with Gasteiger partial charge >= 0.3 is 0 Å². The zero-order chi connectivity index (χ0) is 13.2. The molecule has 0 aromatic carbocycles. The van der Waals surface area contributed by atoms with Crippen LogP contribution in [-0.4, -0.2) is 26.0 Å². The summed E-state index contributed by atoms with van der Waals surface area (Å²) in [7, 11) is 0. The third-order valence-electron chi connectivity index (χ3n) is 2.73. The Balaban J connectivity index is 1.82. The van der Waals surface area contributed by atoms with Crippen molar-refractivity contribution in [1.29, 1.82) is 0 Å². The molecule has 0 aliphatic heterocycles. The van der Waals surface area contributed by atoms with Gasteiger partial charge in [-0.05, 0) is 30.7 Å². The van der Waals surface area contributed by atoms with Crippen molar-refractivity contribution in [2.45, 2.75) is 19.4 Å². The number of nitrogens with zero attached hydrogens (tertiary/aromatic N) is 3. The van der Waals surface area contributed by atoms with Crippen LogP contribution in [0.1, 0.15) is 12.7 Å². The molecule has 0 saturated carbocycles. The molecule has 0 spiro atoms. The molecule has 19 heavy (non-hydrogen) atoms. The maximum Gasteiger partial charge on any atom is 0.226 e. The SMILES string of the molecule is CC(Cc1ccco1)Nc1nc(Cl)nc2nc[nH]c12. The standard InChI is InChI=1S/C12H12ClN5O/c1-7(5-8-3-2-4-19-8)16-11-9-10(15-6-14-9)17-12(13)18-11/h2-4,6-7H,5H2,1H3,(H2,14,15,16,17,18). The first-order valence-corrected chi connectivity index (χ1v) is 6.25. The molecule has 7 heteroatoms. The van der Waals surface area contributed by atoms with Crippen molar-refractivity contribution in [2.24, 2.45) is 0 Å². The van der Waals surface area contributed by atoms with Gasteiger partial charge in [0.1, 0.15) is 11.3 Å². The van der Waals surface area contributed by atoms with E-state index < -0.39 is 0 Å². The molecule has 3 rings (SSSR count). The molecule has 0 aliphatic rings. The van der Waals surface area contributed by atoms with Gasteiger partial charge in [-0.1, -0.05) is 0 Å². The first-order chi connectivity index (χ1) is 9.22. The van der Waals surface area contributed by atoms with E-state index >= 15 is 0 Å². The molecule has 0 aliphatic carbocycles. The average Bonchev–Trinajstić information content (AvgIpc) is 2.99. The van der Waals surface area contributed by atoms with E-state index in [1.54, 1.807) is 12.6 Å². The van der Waals surface area contributed by atoms with Gasteiger partial charge in [-0.15, -0.1) is 0 Å². The highest BCUT2D eigenvalue weighted by atomic mass is 35.5. The average molecular weight is 278 g/mol. The Labute approximate surface area is 114 Å². The summed E-state index contributed by atoms with van der Waals surface area (Å²) in [6.07, 6.45) is 3.99. The molecule has 3 aromatic rings. The van der Waals surface area contributed by atoms with Crippen LogP contribution in [0.15, 0.2) is 29.1 Å². The molecule has 6 nitrogen and oxygen atoms in total. The fourth-order valence-electron chi connectivity index (χ4n) is 1.93. The summed E-state index contributed by atoms with van der Waals surface area (Å²) >= 11 is 5.87. The van der Waals surface area contributed by atoms with Gasteiger partial charge in [-0.2, -0.15) is 9.97 Å². The molecule has 0 saturated heterocycles. The van der Waals surface area contributed by atoms with Crippen LogP contribution >= 0.6 is 11.6 Å². The monoisotopic (exact) mass is 277 g/mol. The van der Waals surface area contributed by atoms with E-state index in [2.05, 4.69) is 25.3 Å². The van der Waals surface area contributed by atoms with Crippen LogP contribution in [0.5, 0.6) is 0 Å². The lowest BCUT2D eigenvalue weighted by atomic mass is 10.2. The number of hydrogen-bond acceptors (Lipinski definition) is 5. The smallest absolute Gasteiger partial charge is 0.226 e. The van der Waals surface area contributed by atoms with Gasteiger partial charge in [0, 0.05) is 12.5 Å². The maximum absolute atomic E-state index is 5.87. The summed E-state index contributed by atoms with van der Waals surface area (Å²) in [5.41, 5.74) is 1.29. The Hall–Kier alpha value is -2.08. The van der Waals surface area contributed by atoms with Crippen molar-refractivity contribution >= 4 is 28.6 Å². The summed E-state index contributed by atoms with van der Waals surface area (Å²) in [4.78, 5) is 15.3. The molecule has 98 valence electrons. The number of nitrogens with one attached hydrogen (secondary N) is 2. The summed E-state index contributed by atoms with van der Waals surface area (Å²) in [5, 5.41) is 3.46. The minimum Gasteiger partial charge on any atom is -0.469 e. The molecule has 0 bridgehead atoms. The van der Waals surface area contributed by atoms with Gasteiger partial charge in [0.25, 0.3) is 0 Å². The number of imidazole rings is 1. The first-order valence-electron chi connectivity index (χ1n) is 5.88. The van der Waals surface area contributed by atoms with Crippen LogP contribution in [-0.2, 0) is 6.42 Å². The van der Waals surface area contributed by atoms with Gasteiger partial charge in [0.15, 0.2) is 11.5 Å². The van der Waals surface area contributed by atoms with Crippen LogP contribution < -0.4 is 5.32 Å². The van der Waals surface area contributed by atoms with Crippen molar-refractivity contribution < 1.29 is 4.42 Å². The van der Waals surface area contributed by atoms with E-state index in [0.717, 1.165) is 17.7 Å². The Morgan fingerprint density at radius 2 is 2.37 bits per heavy atom. The van der Waals surface area contributed by atoms with E-state index in [1.807, 2.05) is 19.1 Å². The fraction of sp³-hybridized carbons (Fsp3) is 0.250. The van der Waals surface area contributed by atoms with E-state index in [9.17, 15) is 0 Å². The molecule has 0 amide bonds. The summed E-state index contributed by atoms with van der Waals surface area (Å²) in [6.45, 7) is 2.04. The Morgan fingerprint density at radius 3 is 3.16 bits per heavy atom. The maximum atomic E-state index is 5.87. The van der Waals surface area contributed by atoms with Crippen molar-refractivity contribution in [1.82, 2.24) is 19.9 Å². The zero-order valence-electron chi connectivity index (χ0n) is 10.2. The number of hydrogen-bond donors (Lipinski definition) is 2. The molecule has 3 aromatic heterocycles. The summed E-state index contributed by atoms with van der Waals surface area (Å²) < 4.78 is 5.32. The van der Waals surface area contributed by atoms with Crippen LogP contribution in [0.3, 0.4) is 0 Å². The number of rotatable bonds is 4. The predicted octanol–water partition coefficient (Wildman–Crippen LogP) is 2.64. The Kier molecular flexibility index (Phi) is 3.08. The quantitative estimate of drug-likeness (QED) is 0.717. The highest BCUT2D eigenvalue weighted by Gasteiger charge is 2.12. The molecule has 1 atom stereocenters. The molecule has 2 N–H and O–H groups in total. The minimum atomic E-state index is 0.142. The van der Waals surface area contributed by atoms with E-state index in [-0.39, 0.29) is 11.3 Å². The number of halogens is 1. The largest absolute Gasteiger partial charge is 0.469 e. The number of aromatic nitrogens is 4. The summed E-state index contributed by atoms with van der Waals surface area (Å²) in [6, 6.07) is 3.96. The van der Waals surface area contributed by atoms with Crippen LogP contribution in [0.4, 0.5) is 5.82 Å². The molecule has 0 radical (unpaired) electrons. The molecule has 0 fully saturated rings. The van der Waals surface area contributed by atoms with Gasteiger partial charge in [-0.25, -0.2) is 4.98 Å². The second kappa shape index (κ2) is 4.89. The topological polar surface area (TPSA) is 79.6 Å². The summed E-state index contributed by atoms with van der Waals surface area (Å²) in [5.74, 6) is 1.56.